The molecule has 3 amide bonds. The van der Waals surface area contributed by atoms with Crippen molar-refractivity contribution in [2.75, 3.05) is 13.1 Å². The highest BCUT2D eigenvalue weighted by molar-refractivity contribution is 6.30. The highest BCUT2D eigenvalue weighted by atomic mass is 35.5. The van der Waals surface area contributed by atoms with Crippen LogP contribution in [-0.2, 0) is 10.4 Å². The standard InChI is InChI=1S/C29H36ClN3O4/c1-18(2)24(32-26(35)20-7-5-6-19(16-20)25(34)31-23-12-13-23)27(36)33-15-14-29(37,28(3,4)17-33)21-8-10-22(30)11-9-21/h5-11,16,18,23-24,37H,12-15,17H2,1-4H3,(H,31,34)(H,32,35)/t24-,29+/m1/s1. The van der Waals surface area contributed by atoms with Gasteiger partial charge in [0, 0.05) is 40.7 Å². The number of nitrogens with one attached hydrogen (secondary N) is 2. The zero-order valence-corrected chi connectivity index (χ0v) is 22.6. The Morgan fingerprint density at radius 2 is 1.65 bits per heavy atom. The summed E-state index contributed by atoms with van der Waals surface area (Å²) in [6.07, 6.45) is 2.33. The normalized spacial score (nSPS) is 21.9. The second kappa shape index (κ2) is 10.5. The molecule has 3 N–H and O–H groups in total. The van der Waals surface area contributed by atoms with E-state index in [4.69, 9.17) is 11.6 Å². The molecule has 1 aliphatic heterocycles. The number of nitrogens with zero attached hydrogens (tertiary/aromatic N) is 1. The monoisotopic (exact) mass is 525 g/mol. The zero-order valence-electron chi connectivity index (χ0n) is 21.9. The van der Waals surface area contributed by atoms with Gasteiger partial charge in [-0.3, -0.25) is 14.4 Å². The molecule has 37 heavy (non-hydrogen) atoms. The summed E-state index contributed by atoms with van der Waals surface area (Å²) >= 11 is 6.04. The summed E-state index contributed by atoms with van der Waals surface area (Å²) in [5, 5.41) is 18.1. The number of hydrogen-bond acceptors (Lipinski definition) is 4. The van der Waals surface area contributed by atoms with E-state index in [0.717, 1.165) is 18.4 Å². The lowest BCUT2D eigenvalue weighted by Gasteiger charge is -2.51. The average molecular weight is 526 g/mol. The number of hydrogen-bond donors (Lipinski definition) is 3. The van der Waals surface area contributed by atoms with Crippen molar-refractivity contribution in [1.82, 2.24) is 15.5 Å². The number of carbonyl (C=O) groups is 3. The summed E-state index contributed by atoms with van der Waals surface area (Å²) in [6, 6.07) is 13.2. The highest BCUT2D eigenvalue weighted by Gasteiger charge is 2.50. The van der Waals surface area contributed by atoms with E-state index in [2.05, 4.69) is 10.6 Å². The third kappa shape index (κ3) is 5.83. The number of benzene rings is 2. The van der Waals surface area contributed by atoms with Crippen LogP contribution in [0.5, 0.6) is 0 Å². The van der Waals surface area contributed by atoms with E-state index in [-0.39, 0.29) is 23.8 Å². The maximum absolute atomic E-state index is 13.6. The van der Waals surface area contributed by atoms with Crippen molar-refractivity contribution >= 4 is 29.3 Å². The summed E-state index contributed by atoms with van der Waals surface area (Å²) in [4.78, 5) is 40.9. The summed E-state index contributed by atoms with van der Waals surface area (Å²) < 4.78 is 0. The van der Waals surface area contributed by atoms with Crippen LogP contribution in [0.1, 0.15) is 73.2 Å². The van der Waals surface area contributed by atoms with Gasteiger partial charge < -0.3 is 20.6 Å². The van der Waals surface area contributed by atoms with Crippen LogP contribution < -0.4 is 10.6 Å². The molecule has 2 fully saturated rings. The fourth-order valence-corrected chi connectivity index (χ4v) is 5.13. The molecule has 1 saturated heterocycles. The van der Waals surface area contributed by atoms with Gasteiger partial charge in [-0.1, -0.05) is 57.5 Å². The highest BCUT2D eigenvalue weighted by Crippen LogP contribution is 2.46. The minimum Gasteiger partial charge on any atom is -0.384 e. The van der Waals surface area contributed by atoms with Gasteiger partial charge in [0.15, 0.2) is 0 Å². The van der Waals surface area contributed by atoms with Gasteiger partial charge in [0.05, 0.1) is 5.60 Å². The fourth-order valence-electron chi connectivity index (χ4n) is 5.00. The van der Waals surface area contributed by atoms with Crippen molar-refractivity contribution in [3.63, 3.8) is 0 Å². The lowest BCUT2D eigenvalue weighted by Crippen LogP contribution is -2.60. The summed E-state index contributed by atoms with van der Waals surface area (Å²) in [5.41, 5.74) is -0.229. The minimum atomic E-state index is -1.12. The largest absolute Gasteiger partial charge is 0.384 e. The Labute approximate surface area is 223 Å². The Kier molecular flexibility index (Phi) is 7.67. The number of likely N-dealkylation sites (tertiary alicyclic amines) is 1. The molecular weight excluding hydrogens is 490 g/mol. The van der Waals surface area contributed by atoms with Gasteiger partial charge >= 0.3 is 0 Å². The van der Waals surface area contributed by atoms with Gasteiger partial charge in [-0.2, -0.15) is 0 Å². The van der Waals surface area contributed by atoms with Gasteiger partial charge in [0.25, 0.3) is 11.8 Å². The molecule has 0 spiro atoms. The first-order chi connectivity index (χ1) is 17.4. The smallest absolute Gasteiger partial charge is 0.251 e. The maximum atomic E-state index is 13.6. The Morgan fingerprint density at radius 3 is 2.22 bits per heavy atom. The van der Waals surface area contributed by atoms with E-state index < -0.39 is 23.0 Å². The molecule has 1 aliphatic carbocycles. The van der Waals surface area contributed by atoms with Gasteiger partial charge in [-0.25, -0.2) is 0 Å². The molecule has 8 heteroatoms. The SMILES string of the molecule is CC(C)[C@@H](NC(=O)c1cccc(C(=O)NC2CC2)c1)C(=O)N1CC[C@](O)(c2ccc(Cl)cc2)C(C)(C)C1. The van der Waals surface area contributed by atoms with E-state index in [1.807, 2.05) is 39.8 Å². The summed E-state index contributed by atoms with van der Waals surface area (Å²) in [7, 11) is 0. The Balaban J connectivity index is 1.46. The number of aliphatic hydroxyl groups is 1. The number of amides is 3. The van der Waals surface area contributed by atoms with Crippen LogP contribution in [0.15, 0.2) is 48.5 Å². The van der Waals surface area contributed by atoms with E-state index in [1.165, 1.54) is 0 Å². The Morgan fingerprint density at radius 1 is 1.03 bits per heavy atom. The minimum absolute atomic E-state index is 0.155. The molecule has 2 atom stereocenters. The molecule has 2 aliphatic rings. The predicted molar refractivity (Wildman–Crippen MR) is 143 cm³/mol. The Hall–Kier alpha value is -2.90. The summed E-state index contributed by atoms with van der Waals surface area (Å²) in [6.45, 7) is 8.37. The van der Waals surface area contributed by atoms with Crippen molar-refractivity contribution in [3.8, 4) is 0 Å². The second-order valence-electron chi connectivity index (χ2n) is 11.3. The van der Waals surface area contributed by atoms with Crippen LogP contribution in [0.2, 0.25) is 5.02 Å². The van der Waals surface area contributed by atoms with E-state index in [9.17, 15) is 19.5 Å². The van der Waals surface area contributed by atoms with Gasteiger partial charge in [-0.15, -0.1) is 0 Å². The van der Waals surface area contributed by atoms with Crippen LogP contribution in [0.3, 0.4) is 0 Å². The van der Waals surface area contributed by atoms with Crippen LogP contribution in [-0.4, -0.2) is 52.9 Å². The van der Waals surface area contributed by atoms with Crippen LogP contribution >= 0.6 is 11.6 Å². The van der Waals surface area contributed by atoms with E-state index in [1.54, 1.807) is 41.3 Å². The van der Waals surface area contributed by atoms with Crippen LogP contribution in [0.4, 0.5) is 0 Å². The van der Waals surface area contributed by atoms with Crippen molar-refractivity contribution < 1.29 is 19.5 Å². The molecule has 0 radical (unpaired) electrons. The second-order valence-corrected chi connectivity index (χ2v) is 11.7. The average Bonchev–Trinajstić information content (AvgIpc) is 3.68. The summed E-state index contributed by atoms with van der Waals surface area (Å²) in [5.74, 6) is -0.936. The number of rotatable bonds is 7. The number of piperidine rings is 1. The van der Waals surface area contributed by atoms with E-state index >= 15 is 0 Å². The van der Waals surface area contributed by atoms with Crippen molar-refractivity contribution in [2.24, 2.45) is 11.3 Å². The molecule has 2 aromatic carbocycles. The van der Waals surface area contributed by atoms with Crippen molar-refractivity contribution in [1.29, 1.82) is 0 Å². The molecule has 0 unspecified atom stereocenters. The van der Waals surface area contributed by atoms with Crippen LogP contribution in [0, 0.1) is 11.3 Å². The molecule has 198 valence electrons. The molecule has 1 saturated carbocycles. The molecule has 7 nitrogen and oxygen atoms in total. The molecule has 0 aromatic heterocycles. The van der Waals surface area contributed by atoms with Gasteiger partial charge in [0.2, 0.25) is 5.91 Å². The topological polar surface area (TPSA) is 98.7 Å². The third-order valence-electron chi connectivity index (χ3n) is 7.60. The quantitative estimate of drug-likeness (QED) is 0.506. The van der Waals surface area contributed by atoms with Crippen molar-refractivity contribution in [2.45, 2.75) is 64.6 Å². The fraction of sp³-hybridized carbons (Fsp3) is 0.483. The maximum Gasteiger partial charge on any atom is 0.251 e. The zero-order chi connectivity index (χ0) is 27.0. The lowest BCUT2D eigenvalue weighted by atomic mass is 9.66. The van der Waals surface area contributed by atoms with Crippen LogP contribution in [0.25, 0.3) is 0 Å². The predicted octanol–water partition coefficient (Wildman–Crippen LogP) is 4.13. The first-order valence-corrected chi connectivity index (χ1v) is 13.3. The van der Waals surface area contributed by atoms with Gasteiger partial charge in [0.1, 0.15) is 6.04 Å². The van der Waals surface area contributed by atoms with E-state index in [0.29, 0.717) is 35.7 Å². The molecule has 4 rings (SSSR count). The number of carbonyl (C=O) groups excluding carboxylic acids is 3. The lowest BCUT2D eigenvalue weighted by molar-refractivity contribution is -0.155. The number of halogens is 1. The molecule has 0 bridgehead atoms. The van der Waals surface area contributed by atoms with Gasteiger partial charge in [-0.05, 0) is 61.1 Å². The van der Waals surface area contributed by atoms with Crippen molar-refractivity contribution in [3.05, 3.63) is 70.2 Å². The third-order valence-corrected chi connectivity index (χ3v) is 7.85. The first-order valence-electron chi connectivity index (χ1n) is 12.9. The molecule has 2 aromatic rings. The molecular formula is C29H36ClN3O4. The Bertz CT molecular complexity index is 1180. The molecule has 1 heterocycles. The first kappa shape index (κ1) is 27.1.